The lowest BCUT2D eigenvalue weighted by molar-refractivity contribution is 0.185. The first-order chi connectivity index (χ1) is 8.70. The van der Waals surface area contributed by atoms with E-state index in [0.29, 0.717) is 11.8 Å². The molecule has 100 valence electrons. The summed E-state index contributed by atoms with van der Waals surface area (Å²) in [6, 6.07) is 6.24. The Labute approximate surface area is 118 Å². The maximum Gasteiger partial charge on any atom is 0.115 e. The summed E-state index contributed by atoms with van der Waals surface area (Å²) in [6.07, 6.45) is 6.54. The van der Waals surface area contributed by atoms with Crippen LogP contribution in [-0.4, -0.2) is 22.6 Å². The fourth-order valence-corrected chi connectivity index (χ4v) is 3.18. The average molecular weight is 312 g/mol. The summed E-state index contributed by atoms with van der Waals surface area (Å²) in [5.74, 6) is 0.357. The molecule has 0 bridgehead atoms. The van der Waals surface area contributed by atoms with Crippen molar-refractivity contribution in [3.05, 3.63) is 28.2 Å². The third kappa shape index (κ3) is 3.48. The quantitative estimate of drug-likeness (QED) is 0.899. The minimum absolute atomic E-state index is 0.357. The molecule has 0 amide bonds. The third-order valence-electron chi connectivity index (χ3n) is 3.87. The Hall–Kier alpha value is -0.540. The van der Waals surface area contributed by atoms with Gasteiger partial charge in [0.2, 0.25) is 0 Å². The fourth-order valence-electron chi connectivity index (χ4n) is 2.81. The highest BCUT2D eigenvalue weighted by molar-refractivity contribution is 9.10. The van der Waals surface area contributed by atoms with E-state index in [1.165, 1.54) is 44.2 Å². The van der Waals surface area contributed by atoms with Gasteiger partial charge in [-0.05, 0) is 49.6 Å². The second kappa shape index (κ2) is 6.58. The average Bonchev–Trinajstić information content (AvgIpc) is 2.59. The highest BCUT2D eigenvalue weighted by atomic mass is 79.9. The summed E-state index contributed by atoms with van der Waals surface area (Å²) in [4.78, 5) is 2.58. The van der Waals surface area contributed by atoms with E-state index in [0.717, 1.165) is 11.0 Å². The molecule has 0 spiro atoms. The maximum atomic E-state index is 9.61. The van der Waals surface area contributed by atoms with Crippen LogP contribution < -0.4 is 0 Å². The second-order valence-electron chi connectivity index (χ2n) is 5.16. The van der Waals surface area contributed by atoms with Crippen molar-refractivity contribution < 1.29 is 5.11 Å². The van der Waals surface area contributed by atoms with Crippen molar-refractivity contribution in [1.82, 2.24) is 4.90 Å². The van der Waals surface area contributed by atoms with E-state index in [1.54, 1.807) is 6.07 Å². The Balaban J connectivity index is 2.12. The first kappa shape index (κ1) is 13.9. The van der Waals surface area contributed by atoms with Gasteiger partial charge in [-0.15, -0.1) is 0 Å². The Kier molecular flexibility index (Phi) is 5.07. The van der Waals surface area contributed by atoms with E-state index < -0.39 is 0 Å². The predicted molar refractivity (Wildman–Crippen MR) is 78.8 cm³/mol. The lowest BCUT2D eigenvalue weighted by Crippen LogP contribution is -2.33. The normalized spacial score (nSPS) is 21.8. The summed E-state index contributed by atoms with van der Waals surface area (Å²) in [5.41, 5.74) is 1.19. The van der Waals surface area contributed by atoms with Crippen LogP contribution in [0.3, 0.4) is 0 Å². The number of halogens is 1. The van der Waals surface area contributed by atoms with Crippen LogP contribution in [0.5, 0.6) is 5.75 Å². The molecule has 1 aromatic carbocycles. The lowest BCUT2D eigenvalue weighted by atomic mass is 10.1. The van der Waals surface area contributed by atoms with Crippen LogP contribution in [0.2, 0.25) is 0 Å². The Morgan fingerprint density at radius 2 is 2.17 bits per heavy atom. The Bertz CT molecular complexity index is 394. The van der Waals surface area contributed by atoms with Gasteiger partial charge in [0, 0.05) is 17.1 Å². The standard InChI is InChI=1S/C15H22BrNO/c1-2-13-6-4-3-5-9-17(13)11-12-10-14(18)7-8-15(12)16/h7-8,10,13,18H,2-6,9,11H2,1H3. The molecule has 1 atom stereocenters. The Morgan fingerprint density at radius 3 is 2.94 bits per heavy atom. The summed E-state index contributed by atoms with van der Waals surface area (Å²) >= 11 is 3.58. The van der Waals surface area contributed by atoms with Crippen molar-refractivity contribution in [1.29, 1.82) is 0 Å². The highest BCUT2D eigenvalue weighted by Crippen LogP contribution is 2.26. The molecule has 18 heavy (non-hydrogen) atoms. The summed E-state index contributed by atoms with van der Waals surface area (Å²) in [6.45, 7) is 4.40. The van der Waals surface area contributed by atoms with E-state index in [1.807, 2.05) is 12.1 Å². The number of aromatic hydroxyl groups is 1. The van der Waals surface area contributed by atoms with Crippen molar-refractivity contribution in [2.75, 3.05) is 6.54 Å². The third-order valence-corrected chi connectivity index (χ3v) is 4.65. The largest absolute Gasteiger partial charge is 0.508 e. The van der Waals surface area contributed by atoms with Gasteiger partial charge >= 0.3 is 0 Å². The van der Waals surface area contributed by atoms with Crippen molar-refractivity contribution in [3.63, 3.8) is 0 Å². The summed E-state index contributed by atoms with van der Waals surface area (Å²) in [5, 5.41) is 9.61. The fraction of sp³-hybridized carbons (Fsp3) is 0.600. The number of rotatable bonds is 3. The van der Waals surface area contributed by atoms with E-state index in [9.17, 15) is 5.11 Å². The van der Waals surface area contributed by atoms with E-state index >= 15 is 0 Å². The molecule has 0 aromatic heterocycles. The smallest absolute Gasteiger partial charge is 0.115 e. The van der Waals surface area contributed by atoms with Crippen molar-refractivity contribution in [3.8, 4) is 5.75 Å². The molecule has 2 rings (SSSR count). The number of phenols is 1. The first-order valence-corrected chi connectivity index (χ1v) is 7.71. The maximum absolute atomic E-state index is 9.61. The minimum atomic E-state index is 0.357. The van der Waals surface area contributed by atoms with Crippen LogP contribution in [0.15, 0.2) is 22.7 Å². The van der Waals surface area contributed by atoms with Crippen molar-refractivity contribution in [2.45, 2.75) is 51.6 Å². The van der Waals surface area contributed by atoms with Gasteiger partial charge in [-0.1, -0.05) is 35.7 Å². The molecule has 1 saturated heterocycles. The zero-order chi connectivity index (χ0) is 13.0. The van der Waals surface area contributed by atoms with Crippen molar-refractivity contribution in [2.24, 2.45) is 0 Å². The topological polar surface area (TPSA) is 23.5 Å². The molecule has 1 aromatic rings. The molecule has 1 heterocycles. The molecule has 1 aliphatic rings. The van der Waals surface area contributed by atoms with Crippen LogP contribution >= 0.6 is 15.9 Å². The van der Waals surface area contributed by atoms with Gasteiger partial charge in [-0.2, -0.15) is 0 Å². The van der Waals surface area contributed by atoms with Crippen LogP contribution in [-0.2, 0) is 6.54 Å². The van der Waals surface area contributed by atoms with Gasteiger partial charge < -0.3 is 5.11 Å². The number of likely N-dealkylation sites (tertiary alicyclic amines) is 1. The molecule has 0 radical (unpaired) electrons. The monoisotopic (exact) mass is 311 g/mol. The second-order valence-corrected chi connectivity index (χ2v) is 6.01. The molecular weight excluding hydrogens is 290 g/mol. The van der Waals surface area contributed by atoms with Crippen molar-refractivity contribution >= 4 is 15.9 Å². The number of benzene rings is 1. The molecule has 0 saturated carbocycles. The van der Waals surface area contributed by atoms with Gasteiger partial charge in [0.15, 0.2) is 0 Å². The molecule has 1 fully saturated rings. The van der Waals surface area contributed by atoms with E-state index in [-0.39, 0.29) is 0 Å². The number of hydrogen-bond acceptors (Lipinski definition) is 2. The highest BCUT2D eigenvalue weighted by Gasteiger charge is 2.20. The van der Waals surface area contributed by atoms with Gasteiger partial charge in [-0.3, -0.25) is 4.90 Å². The lowest BCUT2D eigenvalue weighted by Gasteiger charge is -2.29. The molecule has 1 unspecified atom stereocenters. The minimum Gasteiger partial charge on any atom is -0.508 e. The zero-order valence-electron chi connectivity index (χ0n) is 11.0. The van der Waals surface area contributed by atoms with Gasteiger partial charge in [-0.25, -0.2) is 0 Å². The van der Waals surface area contributed by atoms with E-state index in [2.05, 4.69) is 27.8 Å². The van der Waals surface area contributed by atoms with Gasteiger partial charge in [0.1, 0.15) is 5.75 Å². The number of phenolic OH excluding ortho intramolecular Hbond substituents is 1. The summed E-state index contributed by atoms with van der Waals surface area (Å²) < 4.78 is 1.10. The summed E-state index contributed by atoms with van der Waals surface area (Å²) in [7, 11) is 0. The van der Waals surface area contributed by atoms with Crippen LogP contribution in [0.1, 0.15) is 44.6 Å². The number of nitrogens with zero attached hydrogens (tertiary/aromatic N) is 1. The molecule has 3 heteroatoms. The molecule has 1 N–H and O–H groups in total. The SMILES string of the molecule is CCC1CCCCCN1Cc1cc(O)ccc1Br. The molecule has 0 aliphatic carbocycles. The number of hydrogen-bond donors (Lipinski definition) is 1. The van der Waals surface area contributed by atoms with Crippen LogP contribution in [0, 0.1) is 0 Å². The van der Waals surface area contributed by atoms with Crippen LogP contribution in [0.4, 0.5) is 0 Å². The predicted octanol–water partition coefficient (Wildman–Crippen LogP) is 4.31. The van der Waals surface area contributed by atoms with Gasteiger partial charge in [0.05, 0.1) is 0 Å². The van der Waals surface area contributed by atoms with Gasteiger partial charge in [0.25, 0.3) is 0 Å². The zero-order valence-corrected chi connectivity index (χ0v) is 12.6. The molecule has 2 nitrogen and oxygen atoms in total. The molecule has 1 aliphatic heterocycles. The first-order valence-electron chi connectivity index (χ1n) is 6.92. The van der Waals surface area contributed by atoms with E-state index in [4.69, 9.17) is 0 Å². The Morgan fingerprint density at radius 1 is 1.33 bits per heavy atom. The molecular formula is C15H22BrNO. The van der Waals surface area contributed by atoms with Crippen LogP contribution in [0.25, 0.3) is 0 Å².